The van der Waals surface area contributed by atoms with E-state index in [-0.39, 0.29) is 5.91 Å². The lowest BCUT2D eigenvalue weighted by Crippen LogP contribution is -2.49. The first kappa shape index (κ1) is 23.7. The Hall–Kier alpha value is -4.00. The summed E-state index contributed by atoms with van der Waals surface area (Å²) >= 11 is 0. The van der Waals surface area contributed by atoms with Gasteiger partial charge in [0.1, 0.15) is 6.04 Å². The average Bonchev–Trinajstić information content (AvgIpc) is 2.84. The van der Waals surface area contributed by atoms with Crippen LogP contribution in [0.5, 0.6) is 11.5 Å². The fourth-order valence-electron chi connectivity index (χ4n) is 3.40. The fraction of sp³-hybridized carbons (Fsp3) is 0.231. The summed E-state index contributed by atoms with van der Waals surface area (Å²) in [4.78, 5) is 25.5. The van der Waals surface area contributed by atoms with Crippen LogP contribution < -0.4 is 25.4 Å². The van der Waals surface area contributed by atoms with Gasteiger partial charge in [0.05, 0.1) is 14.2 Å². The molecule has 0 fully saturated rings. The van der Waals surface area contributed by atoms with Crippen molar-refractivity contribution in [1.82, 2.24) is 10.6 Å². The van der Waals surface area contributed by atoms with Crippen LogP contribution in [0.15, 0.2) is 78.9 Å². The first-order valence-corrected chi connectivity index (χ1v) is 10.7. The Morgan fingerprint density at radius 1 is 0.818 bits per heavy atom. The van der Waals surface area contributed by atoms with Crippen LogP contribution in [-0.2, 0) is 17.6 Å². The van der Waals surface area contributed by atoms with Crippen LogP contribution >= 0.6 is 0 Å². The second kappa shape index (κ2) is 12.1. The largest absolute Gasteiger partial charge is 0.493 e. The van der Waals surface area contributed by atoms with Crippen molar-refractivity contribution in [3.05, 3.63) is 90.0 Å². The second-order valence-corrected chi connectivity index (χ2v) is 7.44. The number of nitrogens with one attached hydrogen (secondary N) is 3. The highest BCUT2D eigenvalue weighted by Gasteiger charge is 2.21. The number of amides is 3. The van der Waals surface area contributed by atoms with E-state index >= 15 is 0 Å². The molecular formula is C26H29N3O4. The van der Waals surface area contributed by atoms with Gasteiger partial charge in [0.25, 0.3) is 0 Å². The molecule has 0 aliphatic rings. The van der Waals surface area contributed by atoms with Crippen molar-refractivity contribution in [1.29, 1.82) is 0 Å². The van der Waals surface area contributed by atoms with Gasteiger partial charge in [-0.15, -0.1) is 0 Å². The number of hydrogen-bond donors (Lipinski definition) is 3. The molecule has 1 atom stereocenters. The zero-order valence-corrected chi connectivity index (χ0v) is 18.8. The number of carbonyl (C=O) groups excluding carboxylic acids is 2. The Balaban J connectivity index is 1.61. The molecule has 3 aromatic carbocycles. The summed E-state index contributed by atoms with van der Waals surface area (Å²) in [6.45, 7) is 0.418. The van der Waals surface area contributed by atoms with Gasteiger partial charge in [-0.25, -0.2) is 4.79 Å². The number of anilines is 1. The molecule has 3 amide bonds. The maximum Gasteiger partial charge on any atom is 0.319 e. The number of ether oxygens (including phenoxy) is 2. The van der Waals surface area contributed by atoms with E-state index in [2.05, 4.69) is 16.0 Å². The zero-order chi connectivity index (χ0) is 23.5. The monoisotopic (exact) mass is 447 g/mol. The van der Waals surface area contributed by atoms with Crippen LogP contribution in [0, 0.1) is 0 Å². The number of hydrogen-bond acceptors (Lipinski definition) is 4. The standard InChI is InChI=1S/C26H29N3O4/c1-32-23-14-13-20(18-24(23)33-2)15-16-27-25(30)22(17-19-9-5-3-6-10-19)29-26(31)28-21-11-7-4-8-12-21/h3-14,18,22H,15-17H2,1-2H3,(H,27,30)(H2,28,29,31). The molecule has 7 heteroatoms. The molecule has 0 aliphatic heterocycles. The quantitative estimate of drug-likeness (QED) is 0.441. The summed E-state index contributed by atoms with van der Waals surface area (Å²) < 4.78 is 10.6. The Bertz CT molecular complexity index is 1040. The molecule has 3 rings (SSSR count). The highest BCUT2D eigenvalue weighted by Crippen LogP contribution is 2.27. The zero-order valence-electron chi connectivity index (χ0n) is 18.8. The molecule has 0 aromatic heterocycles. The van der Waals surface area contributed by atoms with Crippen LogP contribution in [0.3, 0.4) is 0 Å². The number of rotatable bonds is 10. The highest BCUT2D eigenvalue weighted by atomic mass is 16.5. The molecular weight excluding hydrogens is 418 g/mol. The Morgan fingerprint density at radius 3 is 2.15 bits per heavy atom. The van der Waals surface area contributed by atoms with Crippen molar-refractivity contribution in [2.24, 2.45) is 0 Å². The molecule has 172 valence electrons. The van der Waals surface area contributed by atoms with Crippen LogP contribution in [0.1, 0.15) is 11.1 Å². The van der Waals surface area contributed by atoms with E-state index in [0.29, 0.717) is 36.6 Å². The maximum absolute atomic E-state index is 13.0. The number of carbonyl (C=O) groups is 2. The molecule has 0 bridgehead atoms. The number of benzene rings is 3. The van der Waals surface area contributed by atoms with Gasteiger partial charge >= 0.3 is 6.03 Å². The number of para-hydroxylation sites is 1. The molecule has 33 heavy (non-hydrogen) atoms. The number of urea groups is 1. The van der Waals surface area contributed by atoms with E-state index in [0.717, 1.165) is 11.1 Å². The first-order valence-electron chi connectivity index (χ1n) is 10.7. The smallest absolute Gasteiger partial charge is 0.319 e. The lowest BCUT2D eigenvalue weighted by Gasteiger charge is -2.19. The molecule has 3 aromatic rings. The maximum atomic E-state index is 13.0. The molecule has 1 unspecified atom stereocenters. The lowest BCUT2D eigenvalue weighted by atomic mass is 10.1. The van der Waals surface area contributed by atoms with E-state index in [1.165, 1.54) is 0 Å². The fourth-order valence-corrected chi connectivity index (χ4v) is 3.40. The molecule has 7 nitrogen and oxygen atoms in total. The minimum atomic E-state index is -0.721. The predicted molar refractivity (Wildman–Crippen MR) is 129 cm³/mol. The highest BCUT2D eigenvalue weighted by molar-refractivity contribution is 5.93. The minimum Gasteiger partial charge on any atom is -0.493 e. The Kier molecular flexibility index (Phi) is 8.71. The van der Waals surface area contributed by atoms with Crippen LogP contribution in [0.2, 0.25) is 0 Å². The molecule has 0 aliphatic carbocycles. The predicted octanol–water partition coefficient (Wildman–Crippen LogP) is 3.80. The Labute approximate surface area is 194 Å². The van der Waals surface area contributed by atoms with Crippen LogP contribution in [0.4, 0.5) is 10.5 Å². The van der Waals surface area contributed by atoms with Crippen molar-refractivity contribution in [2.45, 2.75) is 18.9 Å². The van der Waals surface area contributed by atoms with Gasteiger partial charge in [-0.1, -0.05) is 54.6 Å². The van der Waals surface area contributed by atoms with E-state index in [1.807, 2.05) is 66.7 Å². The van der Waals surface area contributed by atoms with E-state index in [1.54, 1.807) is 26.4 Å². The van der Waals surface area contributed by atoms with E-state index in [9.17, 15) is 9.59 Å². The third-order valence-corrected chi connectivity index (χ3v) is 5.10. The molecule has 3 N–H and O–H groups in total. The molecule has 0 saturated carbocycles. The van der Waals surface area contributed by atoms with Crippen molar-refractivity contribution >= 4 is 17.6 Å². The third kappa shape index (κ3) is 7.28. The normalized spacial score (nSPS) is 11.2. The molecule has 0 heterocycles. The third-order valence-electron chi connectivity index (χ3n) is 5.10. The molecule has 0 saturated heterocycles. The Morgan fingerprint density at radius 2 is 1.48 bits per heavy atom. The lowest BCUT2D eigenvalue weighted by molar-refractivity contribution is -0.122. The van der Waals surface area contributed by atoms with Crippen molar-refractivity contribution in [2.75, 3.05) is 26.1 Å². The summed E-state index contributed by atoms with van der Waals surface area (Å²) in [6, 6.07) is 23.2. The van der Waals surface area contributed by atoms with Crippen molar-refractivity contribution < 1.29 is 19.1 Å². The summed E-state index contributed by atoms with van der Waals surface area (Å²) in [6.07, 6.45) is 0.992. The number of methoxy groups -OCH3 is 2. The van der Waals surface area contributed by atoms with Gasteiger partial charge in [-0.05, 0) is 41.8 Å². The summed E-state index contributed by atoms with van der Waals surface area (Å²) in [5, 5.41) is 8.49. The summed E-state index contributed by atoms with van der Waals surface area (Å²) in [7, 11) is 3.18. The molecule has 0 radical (unpaired) electrons. The van der Waals surface area contributed by atoms with Gasteiger partial charge in [-0.2, -0.15) is 0 Å². The van der Waals surface area contributed by atoms with Gasteiger partial charge in [0.15, 0.2) is 11.5 Å². The molecule has 0 spiro atoms. The van der Waals surface area contributed by atoms with E-state index in [4.69, 9.17) is 9.47 Å². The van der Waals surface area contributed by atoms with Crippen molar-refractivity contribution in [3.63, 3.8) is 0 Å². The topological polar surface area (TPSA) is 88.7 Å². The van der Waals surface area contributed by atoms with Gasteiger partial charge in [0.2, 0.25) is 5.91 Å². The van der Waals surface area contributed by atoms with Crippen molar-refractivity contribution in [3.8, 4) is 11.5 Å². The van der Waals surface area contributed by atoms with Crippen LogP contribution in [0.25, 0.3) is 0 Å². The first-order chi connectivity index (χ1) is 16.1. The summed E-state index contributed by atoms with van der Waals surface area (Å²) in [5.74, 6) is 1.05. The second-order valence-electron chi connectivity index (χ2n) is 7.44. The van der Waals surface area contributed by atoms with Gasteiger partial charge in [-0.3, -0.25) is 4.79 Å². The average molecular weight is 448 g/mol. The van der Waals surface area contributed by atoms with Crippen LogP contribution in [-0.4, -0.2) is 38.7 Å². The van der Waals surface area contributed by atoms with E-state index < -0.39 is 12.1 Å². The SMILES string of the molecule is COc1ccc(CCNC(=O)C(Cc2ccccc2)NC(=O)Nc2ccccc2)cc1OC. The van der Waals surface area contributed by atoms with Gasteiger partial charge in [0, 0.05) is 18.7 Å². The summed E-state index contributed by atoms with van der Waals surface area (Å²) in [5.41, 5.74) is 2.61. The van der Waals surface area contributed by atoms with Gasteiger partial charge < -0.3 is 25.4 Å². The minimum absolute atomic E-state index is 0.248.